The van der Waals surface area contributed by atoms with E-state index in [-0.39, 0.29) is 5.56 Å². The standard InChI is InChI=1S/C33H20N4O/c38-33-25-20-23(21-11-3-1-4-12-21)19-24(22-13-5-2-6-14-22)30(25)35-32-31-34-26-15-7-8-16-27(26)36(31)28-17-9-10-18-29(28)37(32)33/h1-20H. The predicted octanol–water partition coefficient (Wildman–Crippen LogP) is 7.14. The van der Waals surface area contributed by atoms with Crippen molar-refractivity contribution in [2.24, 2.45) is 0 Å². The van der Waals surface area contributed by atoms with Crippen LogP contribution < -0.4 is 5.56 Å². The molecule has 5 heteroatoms. The molecular weight excluding hydrogens is 468 g/mol. The summed E-state index contributed by atoms with van der Waals surface area (Å²) in [7, 11) is 0. The Kier molecular flexibility index (Phi) is 4.31. The van der Waals surface area contributed by atoms with Crippen molar-refractivity contribution in [1.29, 1.82) is 0 Å². The highest BCUT2D eigenvalue weighted by Crippen LogP contribution is 2.34. The van der Waals surface area contributed by atoms with Crippen LogP contribution in [0.1, 0.15) is 0 Å². The molecule has 8 rings (SSSR count). The quantitative estimate of drug-likeness (QED) is 0.192. The summed E-state index contributed by atoms with van der Waals surface area (Å²) in [6, 6.07) is 40.4. The van der Waals surface area contributed by atoms with Gasteiger partial charge in [0.15, 0.2) is 11.3 Å². The summed E-state index contributed by atoms with van der Waals surface area (Å²) in [5.41, 5.74) is 9.29. The third-order valence-corrected chi connectivity index (χ3v) is 7.29. The van der Waals surface area contributed by atoms with Crippen LogP contribution in [0.25, 0.3) is 66.5 Å². The number of rotatable bonds is 2. The van der Waals surface area contributed by atoms with Gasteiger partial charge in [-0.05, 0) is 53.1 Å². The van der Waals surface area contributed by atoms with Gasteiger partial charge in [-0.2, -0.15) is 0 Å². The van der Waals surface area contributed by atoms with Crippen molar-refractivity contribution >= 4 is 44.3 Å². The van der Waals surface area contributed by atoms with Crippen LogP contribution in [0.3, 0.4) is 0 Å². The topological polar surface area (TPSA) is 51.7 Å². The van der Waals surface area contributed by atoms with Crippen molar-refractivity contribution in [3.63, 3.8) is 0 Å². The van der Waals surface area contributed by atoms with Crippen molar-refractivity contribution in [2.45, 2.75) is 0 Å². The van der Waals surface area contributed by atoms with E-state index in [1.807, 2.05) is 84.9 Å². The van der Waals surface area contributed by atoms with Crippen molar-refractivity contribution in [3.8, 4) is 22.3 Å². The number of hydrogen-bond acceptors (Lipinski definition) is 3. The molecular formula is C33H20N4O. The molecule has 0 N–H and O–H groups in total. The average molecular weight is 489 g/mol. The molecule has 0 spiro atoms. The number of benzene rings is 5. The molecule has 0 saturated carbocycles. The molecule has 0 saturated heterocycles. The third kappa shape index (κ3) is 2.90. The second kappa shape index (κ2) is 7.85. The lowest BCUT2D eigenvalue weighted by atomic mass is 9.96. The van der Waals surface area contributed by atoms with Crippen molar-refractivity contribution in [3.05, 3.63) is 132 Å². The summed E-state index contributed by atoms with van der Waals surface area (Å²) in [6.45, 7) is 0. The maximum Gasteiger partial charge on any atom is 0.266 e. The lowest BCUT2D eigenvalue weighted by Crippen LogP contribution is -2.18. The molecule has 38 heavy (non-hydrogen) atoms. The van der Waals surface area contributed by atoms with Crippen molar-refractivity contribution in [2.75, 3.05) is 0 Å². The number of aromatic nitrogens is 4. The Labute approximate surface area is 216 Å². The molecule has 178 valence electrons. The second-order valence-electron chi connectivity index (χ2n) is 9.48. The van der Waals surface area contributed by atoms with Gasteiger partial charge in [-0.25, -0.2) is 9.97 Å². The minimum absolute atomic E-state index is 0.106. The van der Waals surface area contributed by atoms with Gasteiger partial charge in [0.25, 0.3) is 5.56 Å². The van der Waals surface area contributed by atoms with Gasteiger partial charge in [-0.1, -0.05) is 84.9 Å². The molecule has 3 aromatic heterocycles. The Bertz CT molecular complexity index is 2250. The number of fused-ring (bicyclic) bond motifs is 9. The Balaban J connectivity index is 1.62. The molecule has 3 heterocycles. The summed E-state index contributed by atoms with van der Waals surface area (Å²) >= 11 is 0. The fourth-order valence-electron chi connectivity index (χ4n) is 5.56. The molecule has 0 radical (unpaired) electrons. The zero-order valence-electron chi connectivity index (χ0n) is 20.2. The van der Waals surface area contributed by atoms with Crippen LogP contribution in [0, 0.1) is 0 Å². The third-order valence-electron chi connectivity index (χ3n) is 7.29. The molecule has 5 nitrogen and oxygen atoms in total. The van der Waals surface area contributed by atoms with Crippen molar-refractivity contribution < 1.29 is 0 Å². The van der Waals surface area contributed by atoms with Gasteiger partial charge in [0.1, 0.15) is 0 Å². The fraction of sp³-hybridized carbons (Fsp3) is 0. The summed E-state index contributed by atoms with van der Waals surface area (Å²) in [5.74, 6) is 0. The molecule has 0 aliphatic carbocycles. The van der Waals surface area contributed by atoms with Gasteiger partial charge in [0.05, 0.1) is 33.0 Å². The molecule has 0 amide bonds. The van der Waals surface area contributed by atoms with Gasteiger partial charge in [-0.3, -0.25) is 13.6 Å². The average Bonchev–Trinajstić information content (AvgIpc) is 3.38. The summed E-state index contributed by atoms with van der Waals surface area (Å²) in [4.78, 5) is 24.6. The maximum atomic E-state index is 14.4. The first-order chi connectivity index (χ1) is 18.8. The zero-order valence-corrected chi connectivity index (χ0v) is 20.2. The van der Waals surface area contributed by atoms with Gasteiger partial charge in [0, 0.05) is 5.56 Å². The van der Waals surface area contributed by atoms with Gasteiger partial charge < -0.3 is 0 Å². The minimum Gasteiger partial charge on any atom is -0.288 e. The van der Waals surface area contributed by atoms with E-state index in [0.29, 0.717) is 22.2 Å². The van der Waals surface area contributed by atoms with E-state index < -0.39 is 0 Å². The number of nitrogens with zero attached hydrogens (tertiary/aromatic N) is 4. The molecule has 0 unspecified atom stereocenters. The summed E-state index contributed by atoms with van der Waals surface area (Å²) in [6.07, 6.45) is 0. The lowest BCUT2D eigenvalue weighted by molar-refractivity contribution is 1.10. The van der Waals surface area contributed by atoms with E-state index in [1.54, 1.807) is 4.40 Å². The predicted molar refractivity (Wildman–Crippen MR) is 154 cm³/mol. The minimum atomic E-state index is -0.106. The van der Waals surface area contributed by atoms with E-state index in [2.05, 4.69) is 40.8 Å². The Morgan fingerprint density at radius 3 is 1.82 bits per heavy atom. The molecule has 0 bridgehead atoms. The van der Waals surface area contributed by atoms with Crippen LogP contribution in [-0.4, -0.2) is 18.8 Å². The van der Waals surface area contributed by atoms with E-state index in [1.165, 1.54) is 0 Å². The smallest absolute Gasteiger partial charge is 0.266 e. The van der Waals surface area contributed by atoms with E-state index in [0.717, 1.165) is 44.3 Å². The maximum absolute atomic E-state index is 14.4. The largest absolute Gasteiger partial charge is 0.288 e. The number of para-hydroxylation sites is 4. The highest BCUT2D eigenvalue weighted by atomic mass is 16.1. The fourth-order valence-corrected chi connectivity index (χ4v) is 5.56. The lowest BCUT2D eigenvalue weighted by Gasteiger charge is -2.14. The molecule has 0 atom stereocenters. The van der Waals surface area contributed by atoms with Crippen LogP contribution in [0.15, 0.2) is 126 Å². The molecule has 5 aromatic carbocycles. The summed E-state index contributed by atoms with van der Waals surface area (Å²) in [5, 5.41) is 0.577. The highest BCUT2D eigenvalue weighted by Gasteiger charge is 2.20. The Morgan fingerprint density at radius 1 is 0.500 bits per heavy atom. The summed E-state index contributed by atoms with van der Waals surface area (Å²) < 4.78 is 3.83. The zero-order chi connectivity index (χ0) is 25.2. The molecule has 0 fully saturated rings. The normalized spacial score (nSPS) is 11.8. The Morgan fingerprint density at radius 2 is 1.08 bits per heavy atom. The van der Waals surface area contributed by atoms with Crippen LogP contribution in [0.4, 0.5) is 0 Å². The molecule has 0 aliphatic rings. The highest BCUT2D eigenvalue weighted by molar-refractivity contribution is 6.01. The van der Waals surface area contributed by atoms with Crippen LogP contribution >= 0.6 is 0 Å². The number of imidazole rings is 1. The second-order valence-corrected chi connectivity index (χ2v) is 9.48. The van der Waals surface area contributed by atoms with Crippen LogP contribution in [0.5, 0.6) is 0 Å². The first-order valence-corrected chi connectivity index (χ1v) is 12.6. The van der Waals surface area contributed by atoms with Crippen LogP contribution in [-0.2, 0) is 0 Å². The van der Waals surface area contributed by atoms with E-state index in [4.69, 9.17) is 9.97 Å². The van der Waals surface area contributed by atoms with E-state index in [9.17, 15) is 4.79 Å². The van der Waals surface area contributed by atoms with Gasteiger partial charge >= 0.3 is 0 Å². The van der Waals surface area contributed by atoms with Gasteiger partial charge in [-0.15, -0.1) is 0 Å². The first kappa shape index (κ1) is 20.9. The number of hydrogen-bond donors (Lipinski definition) is 0. The van der Waals surface area contributed by atoms with Crippen molar-refractivity contribution in [1.82, 2.24) is 18.8 Å². The molecule has 0 aliphatic heterocycles. The Hall–Kier alpha value is -5.29. The van der Waals surface area contributed by atoms with Crippen LogP contribution in [0.2, 0.25) is 0 Å². The van der Waals surface area contributed by atoms with E-state index >= 15 is 0 Å². The monoisotopic (exact) mass is 488 g/mol. The van der Waals surface area contributed by atoms with Gasteiger partial charge in [0.2, 0.25) is 0 Å². The SMILES string of the molecule is O=c1c2cc(-c3ccccc3)cc(-c3ccccc3)c2nc2c3nc4ccccc4n3c3ccccc3n12. The molecule has 8 aromatic rings. The first-order valence-electron chi connectivity index (χ1n) is 12.6.